The summed E-state index contributed by atoms with van der Waals surface area (Å²) in [5.41, 5.74) is 2.70. The van der Waals surface area contributed by atoms with Crippen LogP contribution >= 0.6 is 11.6 Å². The van der Waals surface area contributed by atoms with Gasteiger partial charge in [-0.2, -0.15) is 0 Å². The Balaban J connectivity index is 1.91. The Bertz CT molecular complexity index is 1490. The minimum absolute atomic E-state index is 0.0792. The van der Waals surface area contributed by atoms with Gasteiger partial charge in [-0.3, -0.25) is 4.79 Å². The lowest BCUT2D eigenvalue weighted by atomic mass is 10.1. The third-order valence-corrected chi connectivity index (χ3v) is 5.83. The number of Topliss-reactive ketones (excluding diaryl/α,β-unsaturated/α-hetero) is 1. The van der Waals surface area contributed by atoms with Crippen molar-refractivity contribution < 1.29 is 23.8 Å². The number of hydrogen-bond donors (Lipinski definition) is 2. The number of aliphatic imine (C=N–C) groups is 1. The van der Waals surface area contributed by atoms with E-state index in [1.807, 2.05) is 32.9 Å². The van der Waals surface area contributed by atoms with Crippen molar-refractivity contribution in [3.63, 3.8) is 0 Å². The Morgan fingerprint density at radius 1 is 1.23 bits per heavy atom. The molecule has 0 atom stereocenters. The summed E-state index contributed by atoms with van der Waals surface area (Å²) in [6.45, 7) is 16.8. The molecule has 0 radical (unpaired) electrons. The molecule has 0 aliphatic carbocycles. The third-order valence-electron chi connectivity index (χ3n) is 5.64. The lowest BCUT2D eigenvalue weighted by Gasteiger charge is -2.19. The third kappa shape index (κ3) is 7.94. The van der Waals surface area contributed by atoms with E-state index in [-0.39, 0.29) is 23.3 Å². The number of nitrogens with zero attached hydrogens (tertiary/aromatic N) is 2. The highest BCUT2D eigenvalue weighted by molar-refractivity contribution is 6.68. The van der Waals surface area contributed by atoms with E-state index in [1.165, 1.54) is 6.92 Å². The van der Waals surface area contributed by atoms with Gasteiger partial charge in [0.15, 0.2) is 11.5 Å². The van der Waals surface area contributed by atoms with Crippen molar-refractivity contribution in [2.24, 2.45) is 4.99 Å². The molecule has 208 valence electrons. The van der Waals surface area contributed by atoms with Crippen LogP contribution in [0.15, 0.2) is 69.1 Å². The normalized spacial score (nSPS) is 13.5. The molecule has 0 bridgehead atoms. The van der Waals surface area contributed by atoms with E-state index in [0.717, 1.165) is 28.3 Å². The number of aliphatic hydroxyl groups is 1. The van der Waals surface area contributed by atoms with Crippen LogP contribution in [-0.2, 0) is 4.74 Å². The summed E-state index contributed by atoms with van der Waals surface area (Å²) in [5.74, 6) is 1.30. The van der Waals surface area contributed by atoms with Crippen LogP contribution in [0.2, 0.25) is 0 Å². The topological polar surface area (TPSA) is 106 Å². The first kappa shape index (κ1) is 29.9. The van der Waals surface area contributed by atoms with Crippen LogP contribution in [0.25, 0.3) is 21.9 Å². The predicted molar refractivity (Wildman–Crippen MR) is 158 cm³/mol. The summed E-state index contributed by atoms with van der Waals surface area (Å²) < 4.78 is 17.5. The van der Waals surface area contributed by atoms with E-state index in [2.05, 4.69) is 21.9 Å². The van der Waals surface area contributed by atoms with Crippen molar-refractivity contribution in [1.82, 2.24) is 4.98 Å². The van der Waals surface area contributed by atoms with Gasteiger partial charge in [-0.25, -0.2) is 9.98 Å². The van der Waals surface area contributed by atoms with Crippen LogP contribution in [0.3, 0.4) is 0 Å². The van der Waals surface area contributed by atoms with E-state index in [9.17, 15) is 9.90 Å². The molecule has 8 nitrogen and oxygen atoms in total. The van der Waals surface area contributed by atoms with Gasteiger partial charge in [0, 0.05) is 31.0 Å². The number of halogens is 1. The van der Waals surface area contributed by atoms with Gasteiger partial charge in [-0.1, -0.05) is 30.7 Å². The van der Waals surface area contributed by atoms with Crippen molar-refractivity contribution in [3.05, 3.63) is 65.5 Å². The van der Waals surface area contributed by atoms with E-state index < -0.39 is 5.60 Å². The zero-order valence-electron chi connectivity index (χ0n) is 23.6. The van der Waals surface area contributed by atoms with E-state index in [0.29, 0.717) is 40.9 Å². The first-order valence-corrected chi connectivity index (χ1v) is 13.1. The summed E-state index contributed by atoms with van der Waals surface area (Å²) in [6.07, 6.45) is 2.29. The number of allylic oxidation sites excluding steroid dienone is 3. The second kappa shape index (κ2) is 12.5. The van der Waals surface area contributed by atoms with Crippen molar-refractivity contribution in [1.29, 1.82) is 0 Å². The number of benzene rings is 1. The minimum Gasteiger partial charge on any atom is -0.475 e. The maximum Gasteiger partial charge on any atom is 0.219 e. The molecular weight excluding hydrogens is 518 g/mol. The fourth-order valence-electron chi connectivity index (χ4n) is 3.63. The molecule has 0 saturated carbocycles. The van der Waals surface area contributed by atoms with Gasteiger partial charge in [0.2, 0.25) is 11.8 Å². The van der Waals surface area contributed by atoms with Gasteiger partial charge >= 0.3 is 0 Å². The first-order chi connectivity index (χ1) is 18.3. The molecule has 0 aliphatic heterocycles. The zero-order valence-corrected chi connectivity index (χ0v) is 24.3. The van der Waals surface area contributed by atoms with Crippen molar-refractivity contribution in [2.45, 2.75) is 60.5 Å². The number of ketones is 1. The second-order valence-corrected chi connectivity index (χ2v) is 10.5. The molecule has 0 fully saturated rings. The highest BCUT2D eigenvalue weighted by atomic mass is 35.5. The van der Waals surface area contributed by atoms with Crippen LogP contribution in [-0.4, -0.2) is 39.8 Å². The standard InChI is InChI=1S/C30H36ClN3O5/c1-9-18(4)29(37-16-30(7,8)36)34-24(31)14-19(5)38-25-13-10-21-22(33-25)11-12-23-26(21)27(32-15-17(2)3)28(39-23)20(6)35/h10-14,32,36H,2,9,15-16H2,1,3-8H3/b19-14+,29-18-,34-24+. The molecule has 39 heavy (non-hydrogen) atoms. The second-order valence-electron chi connectivity index (χ2n) is 10.2. The maximum absolute atomic E-state index is 12.2. The Kier molecular flexibility index (Phi) is 9.59. The van der Waals surface area contributed by atoms with Crippen LogP contribution in [0.5, 0.6) is 5.88 Å². The Labute approximate surface area is 234 Å². The SMILES string of the molecule is C=C(C)CNc1c(C(C)=O)oc2ccc3nc(O/C(C)=C/C(Cl)=N\C(OCC(C)(C)O)=C(/C)CC)ccc3c12. The summed E-state index contributed by atoms with van der Waals surface area (Å²) in [7, 11) is 0. The summed E-state index contributed by atoms with van der Waals surface area (Å²) in [5, 5.41) is 15.0. The number of furan rings is 1. The number of carbonyl (C=O) groups is 1. The highest BCUT2D eigenvalue weighted by Gasteiger charge is 2.20. The van der Waals surface area contributed by atoms with Gasteiger partial charge in [-0.15, -0.1) is 0 Å². The Hall–Kier alpha value is -3.62. The number of pyridine rings is 1. The van der Waals surface area contributed by atoms with E-state index in [4.69, 9.17) is 25.5 Å². The molecule has 2 aromatic heterocycles. The van der Waals surface area contributed by atoms with Crippen molar-refractivity contribution >= 4 is 50.1 Å². The number of hydrogen-bond acceptors (Lipinski definition) is 8. The number of ether oxygens (including phenoxy) is 2. The number of anilines is 1. The number of aromatic nitrogens is 1. The van der Waals surface area contributed by atoms with Crippen LogP contribution in [0, 0.1) is 0 Å². The van der Waals surface area contributed by atoms with Gasteiger partial charge in [-0.05, 0) is 64.8 Å². The molecule has 0 aliphatic rings. The molecular formula is C30H36ClN3O5. The van der Waals surface area contributed by atoms with Crippen LogP contribution in [0.1, 0.15) is 65.4 Å². The molecule has 2 N–H and O–H groups in total. The van der Waals surface area contributed by atoms with Crippen molar-refractivity contribution in [3.8, 4) is 5.88 Å². The highest BCUT2D eigenvalue weighted by Crippen LogP contribution is 2.37. The summed E-state index contributed by atoms with van der Waals surface area (Å²) >= 11 is 6.39. The molecule has 3 aromatic rings. The average molecular weight is 554 g/mol. The molecule has 9 heteroatoms. The molecule has 3 rings (SSSR count). The average Bonchev–Trinajstić information content (AvgIpc) is 3.23. The minimum atomic E-state index is -1.00. The molecule has 2 heterocycles. The van der Waals surface area contributed by atoms with E-state index in [1.54, 1.807) is 39.0 Å². The van der Waals surface area contributed by atoms with E-state index >= 15 is 0 Å². The Morgan fingerprint density at radius 3 is 2.56 bits per heavy atom. The van der Waals surface area contributed by atoms with Crippen molar-refractivity contribution in [2.75, 3.05) is 18.5 Å². The largest absolute Gasteiger partial charge is 0.475 e. The lowest BCUT2D eigenvalue weighted by Crippen LogP contribution is -2.25. The fourth-order valence-corrected chi connectivity index (χ4v) is 3.86. The van der Waals surface area contributed by atoms with Crippen LogP contribution < -0.4 is 10.1 Å². The van der Waals surface area contributed by atoms with Gasteiger partial charge in [0.25, 0.3) is 0 Å². The Morgan fingerprint density at radius 2 is 1.95 bits per heavy atom. The number of rotatable bonds is 12. The fraction of sp³-hybridized carbons (Fsp3) is 0.367. The van der Waals surface area contributed by atoms with Gasteiger partial charge in [0.05, 0.1) is 22.2 Å². The summed E-state index contributed by atoms with van der Waals surface area (Å²) in [6, 6.07) is 7.23. The zero-order chi connectivity index (χ0) is 28.9. The monoisotopic (exact) mass is 553 g/mol. The smallest absolute Gasteiger partial charge is 0.219 e. The lowest BCUT2D eigenvalue weighted by molar-refractivity contribution is 0.00183. The summed E-state index contributed by atoms with van der Waals surface area (Å²) in [4.78, 5) is 21.3. The van der Waals surface area contributed by atoms with Gasteiger partial charge in [0.1, 0.15) is 23.1 Å². The molecule has 0 unspecified atom stereocenters. The predicted octanol–water partition coefficient (Wildman–Crippen LogP) is 7.52. The molecule has 0 saturated heterocycles. The number of carbonyl (C=O) groups excluding carboxylic acids is 1. The van der Waals surface area contributed by atoms with Gasteiger partial charge < -0.3 is 24.3 Å². The number of nitrogens with one attached hydrogen (secondary N) is 1. The quantitative estimate of drug-likeness (QED) is 0.103. The first-order valence-electron chi connectivity index (χ1n) is 12.7. The van der Waals surface area contributed by atoms with Crippen LogP contribution in [0.4, 0.5) is 5.69 Å². The molecule has 0 amide bonds. The molecule has 1 aromatic carbocycles. The molecule has 0 spiro atoms. The maximum atomic E-state index is 12.2. The number of fused-ring (bicyclic) bond motifs is 3.